The Morgan fingerprint density at radius 3 is 2.23 bits per heavy atom. The monoisotopic (exact) mass is 370 g/mol. The van der Waals surface area contributed by atoms with Crippen LogP contribution in [0.25, 0.3) is 0 Å². The van der Waals surface area contributed by atoms with Crippen molar-refractivity contribution in [2.45, 2.75) is 77.5 Å². The maximum Gasteiger partial charge on any atom is 0.305 e. The SMILES string of the molecule is C#C[C@]1(COCCCC)OC(OC(C)=O)[C@@H](OC(C)=O)C1OCCCC. The summed E-state index contributed by atoms with van der Waals surface area (Å²) < 4.78 is 27.9. The van der Waals surface area contributed by atoms with Gasteiger partial charge in [-0.3, -0.25) is 9.59 Å². The van der Waals surface area contributed by atoms with Crippen molar-refractivity contribution in [2.24, 2.45) is 0 Å². The summed E-state index contributed by atoms with van der Waals surface area (Å²) in [5.74, 6) is 1.47. The van der Waals surface area contributed by atoms with Crippen LogP contribution in [-0.4, -0.2) is 55.9 Å². The van der Waals surface area contributed by atoms with Crippen molar-refractivity contribution >= 4 is 11.9 Å². The van der Waals surface area contributed by atoms with Crippen molar-refractivity contribution in [1.82, 2.24) is 0 Å². The highest BCUT2D eigenvalue weighted by molar-refractivity contribution is 5.67. The summed E-state index contributed by atoms with van der Waals surface area (Å²) in [6, 6.07) is 0. The Hall–Kier alpha value is -1.62. The van der Waals surface area contributed by atoms with Crippen LogP contribution in [0.5, 0.6) is 0 Å². The number of terminal acetylenes is 1. The van der Waals surface area contributed by atoms with Crippen LogP contribution in [-0.2, 0) is 33.3 Å². The highest BCUT2D eigenvalue weighted by atomic mass is 16.8. The van der Waals surface area contributed by atoms with Crippen LogP contribution < -0.4 is 0 Å². The summed E-state index contributed by atoms with van der Waals surface area (Å²) in [7, 11) is 0. The summed E-state index contributed by atoms with van der Waals surface area (Å²) in [4.78, 5) is 23.0. The maximum atomic E-state index is 11.5. The van der Waals surface area contributed by atoms with Gasteiger partial charge in [0.05, 0.1) is 6.61 Å². The standard InChI is InChI=1S/C19H30O7/c1-6-9-11-22-13-19(8-3)17(23-12-10-7-2)16(24-14(4)20)18(26-19)25-15(5)21/h3,16-18H,6-7,9-13H2,1-2,4-5H3/t16-,17?,18?,19+/m0/s1. The fourth-order valence-corrected chi connectivity index (χ4v) is 2.64. The Kier molecular flexibility index (Phi) is 9.63. The molecule has 1 saturated heterocycles. The molecular weight excluding hydrogens is 340 g/mol. The number of unbranched alkanes of at least 4 members (excludes halogenated alkanes) is 2. The van der Waals surface area contributed by atoms with E-state index in [2.05, 4.69) is 12.8 Å². The van der Waals surface area contributed by atoms with Gasteiger partial charge in [-0.15, -0.1) is 6.42 Å². The summed E-state index contributed by atoms with van der Waals surface area (Å²) in [5.41, 5.74) is -1.30. The predicted octanol–water partition coefficient (Wildman–Crippen LogP) is 2.21. The minimum atomic E-state index is -1.30. The largest absolute Gasteiger partial charge is 0.453 e. The first-order chi connectivity index (χ1) is 12.4. The van der Waals surface area contributed by atoms with E-state index in [1.165, 1.54) is 13.8 Å². The predicted molar refractivity (Wildman–Crippen MR) is 94.1 cm³/mol. The van der Waals surface area contributed by atoms with Gasteiger partial charge in [0.15, 0.2) is 11.7 Å². The molecule has 0 aromatic carbocycles. The maximum absolute atomic E-state index is 11.5. The van der Waals surface area contributed by atoms with Gasteiger partial charge in [0, 0.05) is 27.1 Å². The third-order valence-corrected chi connectivity index (χ3v) is 3.94. The molecule has 0 radical (unpaired) electrons. The fraction of sp³-hybridized carbons (Fsp3) is 0.789. The molecule has 0 aromatic rings. The lowest BCUT2D eigenvalue weighted by Gasteiger charge is -2.29. The second-order valence-electron chi connectivity index (χ2n) is 6.25. The van der Waals surface area contributed by atoms with Crippen LogP contribution in [0.1, 0.15) is 53.4 Å². The molecule has 0 bridgehead atoms. The number of hydrogen-bond acceptors (Lipinski definition) is 7. The van der Waals surface area contributed by atoms with Crippen LogP contribution in [0.2, 0.25) is 0 Å². The molecule has 0 spiro atoms. The molecule has 1 aliphatic rings. The third-order valence-electron chi connectivity index (χ3n) is 3.94. The molecule has 0 aromatic heterocycles. The van der Waals surface area contributed by atoms with Crippen molar-refractivity contribution in [3.8, 4) is 12.3 Å². The van der Waals surface area contributed by atoms with Crippen molar-refractivity contribution < 1.29 is 33.3 Å². The first-order valence-electron chi connectivity index (χ1n) is 9.09. The van der Waals surface area contributed by atoms with Gasteiger partial charge in [-0.2, -0.15) is 0 Å². The first kappa shape index (κ1) is 22.4. The third kappa shape index (κ3) is 6.27. The molecule has 7 heteroatoms. The number of ether oxygens (including phenoxy) is 5. The quantitative estimate of drug-likeness (QED) is 0.313. The van der Waals surface area contributed by atoms with Crippen molar-refractivity contribution in [3.63, 3.8) is 0 Å². The second kappa shape index (κ2) is 11.2. The normalized spacial score (nSPS) is 27.7. The van der Waals surface area contributed by atoms with Crippen LogP contribution in [0.3, 0.4) is 0 Å². The van der Waals surface area contributed by atoms with Crippen LogP contribution in [0.4, 0.5) is 0 Å². The summed E-state index contributed by atoms with van der Waals surface area (Å²) in [5, 5.41) is 0. The molecular formula is C19H30O7. The van der Waals surface area contributed by atoms with Gasteiger partial charge < -0.3 is 23.7 Å². The zero-order chi connectivity index (χ0) is 19.6. The summed E-state index contributed by atoms with van der Waals surface area (Å²) >= 11 is 0. The number of carbonyl (C=O) groups is 2. The van der Waals surface area contributed by atoms with Crippen molar-refractivity contribution in [2.75, 3.05) is 19.8 Å². The number of rotatable bonds is 11. The molecule has 2 unspecified atom stereocenters. The molecule has 1 aliphatic heterocycles. The molecule has 1 rings (SSSR count). The highest BCUT2D eigenvalue weighted by Crippen LogP contribution is 2.36. The van der Waals surface area contributed by atoms with E-state index in [1.807, 2.05) is 6.92 Å². The number of carbonyl (C=O) groups excluding carboxylic acids is 2. The van der Waals surface area contributed by atoms with Gasteiger partial charge in [0.25, 0.3) is 0 Å². The molecule has 0 aliphatic carbocycles. The Morgan fingerprint density at radius 1 is 1.08 bits per heavy atom. The Balaban J connectivity index is 3.05. The highest BCUT2D eigenvalue weighted by Gasteiger charge is 2.59. The van der Waals surface area contributed by atoms with Gasteiger partial charge in [-0.05, 0) is 12.8 Å². The second-order valence-corrected chi connectivity index (χ2v) is 6.25. The molecule has 0 amide bonds. The average molecular weight is 370 g/mol. The molecule has 0 saturated carbocycles. The van der Waals surface area contributed by atoms with Gasteiger partial charge in [0.2, 0.25) is 6.29 Å². The van der Waals surface area contributed by atoms with Crippen molar-refractivity contribution in [3.05, 3.63) is 0 Å². The molecule has 4 atom stereocenters. The summed E-state index contributed by atoms with van der Waals surface area (Å²) in [6.45, 7) is 7.57. The van der Waals surface area contributed by atoms with Gasteiger partial charge in [0.1, 0.15) is 6.10 Å². The molecule has 148 valence electrons. The zero-order valence-corrected chi connectivity index (χ0v) is 16.1. The van der Waals surface area contributed by atoms with E-state index in [9.17, 15) is 9.59 Å². The van der Waals surface area contributed by atoms with E-state index in [-0.39, 0.29) is 6.61 Å². The van der Waals surface area contributed by atoms with E-state index < -0.39 is 36.0 Å². The molecule has 1 fully saturated rings. The van der Waals surface area contributed by atoms with E-state index in [1.54, 1.807) is 0 Å². The van der Waals surface area contributed by atoms with Crippen molar-refractivity contribution in [1.29, 1.82) is 0 Å². The lowest BCUT2D eigenvalue weighted by molar-refractivity contribution is -0.202. The lowest BCUT2D eigenvalue weighted by atomic mass is 9.96. The molecule has 1 heterocycles. The van der Waals surface area contributed by atoms with Crippen LogP contribution >= 0.6 is 0 Å². The smallest absolute Gasteiger partial charge is 0.305 e. The van der Waals surface area contributed by atoms with E-state index >= 15 is 0 Å². The van der Waals surface area contributed by atoms with E-state index in [4.69, 9.17) is 30.1 Å². The Labute approximate surface area is 155 Å². The minimum Gasteiger partial charge on any atom is -0.453 e. The summed E-state index contributed by atoms with van der Waals surface area (Å²) in [6.07, 6.45) is 6.43. The first-order valence-corrected chi connectivity index (χ1v) is 9.09. The lowest BCUT2D eigenvalue weighted by Crippen LogP contribution is -2.49. The van der Waals surface area contributed by atoms with E-state index in [0.717, 1.165) is 25.7 Å². The Bertz CT molecular complexity index is 499. The fourth-order valence-electron chi connectivity index (χ4n) is 2.64. The minimum absolute atomic E-state index is 0.0514. The molecule has 26 heavy (non-hydrogen) atoms. The number of esters is 2. The Morgan fingerprint density at radius 2 is 1.69 bits per heavy atom. The topological polar surface area (TPSA) is 80.3 Å². The number of hydrogen-bond donors (Lipinski definition) is 0. The van der Waals surface area contributed by atoms with E-state index in [0.29, 0.717) is 13.2 Å². The van der Waals surface area contributed by atoms with Gasteiger partial charge in [-0.25, -0.2) is 0 Å². The molecule has 7 nitrogen and oxygen atoms in total. The van der Waals surface area contributed by atoms with Gasteiger partial charge >= 0.3 is 11.9 Å². The van der Waals surface area contributed by atoms with Gasteiger partial charge in [-0.1, -0.05) is 32.6 Å². The van der Waals surface area contributed by atoms with Crippen LogP contribution in [0, 0.1) is 12.3 Å². The zero-order valence-electron chi connectivity index (χ0n) is 16.1. The molecule has 0 N–H and O–H groups in total. The van der Waals surface area contributed by atoms with Crippen LogP contribution in [0.15, 0.2) is 0 Å². The average Bonchev–Trinajstić information content (AvgIpc) is 2.85.